The molecule has 0 unspecified atom stereocenters. The summed E-state index contributed by atoms with van der Waals surface area (Å²) in [4.78, 5) is 11.3. The van der Waals surface area contributed by atoms with Crippen LogP contribution in [0.2, 0.25) is 0 Å². The van der Waals surface area contributed by atoms with Crippen LogP contribution >= 0.6 is 0 Å². The number of carbonyl (C=O) groups excluding carboxylic acids is 1. The Morgan fingerprint density at radius 2 is 1.19 bits per heavy atom. The van der Waals surface area contributed by atoms with Gasteiger partial charge in [0, 0.05) is 6.42 Å². The highest BCUT2D eigenvalue weighted by Gasteiger charge is 2.01. The molecule has 0 saturated carbocycles. The molecule has 2 rings (SSSR count). The maximum Gasteiger partial charge on any atom is 0.310 e. The summed E-state index contributed by atoms with van der Waals surface area (Å²) in [6, 6.07) is 16.3. The Morgan fingerprint density at radius 1 is 0.731 bits per heavy atom. The van der Waals surface area contributed by atoms with E-state index in [0.29, 0.717) is 12.2 Å². The number of ether oxygens (including phenoxy) is 2. The standard InChI is InChI=1S/C23H30O3/c1-3-23(24)26-22-17-13-20(14-18-22)10-8-6-4-5-7-9-19-11-15-21(25-2)16-12-19/h11-18H,3-10H2,1-2H3. The molecule has 0 aliphatic rings. The van der Waals surface area contributed by atoms with Gasteiger partial charge in [0.1, 0.15) is 11.5 Å². The Morgan fingerprint density at radius 3 is 1.65 bits per heavy atom. The minimum absolute atomic E-state index is 0.188. The Bertz CT molecular complexity index is 644. The lowest BCUT2D eigenvalue weighted by Gasteiger charge is -2.06. The third-order valence-electron chi connectivity index (χ3n) is 4.53. The van der Waals surface area contributed by atoms with Gasteiger partial charge in [-0.25, -0.2) is 0 Å². The lowest BCUT2D eigenvalue weighted by atomic mass is 10.0. The monoisotopic (exact) mass is 354 g/mol. The summed E-state index contributed by atoms with van der Waals surface area (Å²) < 4.78 is 10.4. The van der Waals surface area contributed by atoms with E-state index in [4.69, 9.17) is 9.47 Å². The van der Waals surface area contributed by atoms with Gasteiger partial charge in [-0.1, -0.05) is 50.5 Å². The topological polar surface area (TPSA) is 35.5 Å². The lowest BCUT2D eigenvalue weighted by Crippen LogP contribution is -2.05. The molecular weight excluding hydrogens is 324 g/mol. The quantitative estimate of drug-likeness (QED) is 0.293. The van der Waals surface area contributed by atoms with Crippen LogP contribution in [0, 0.1) is 0 Å². The molecule has 0 saturated heterocycles. The second-order valence-corrected chi connectivity index (χ2v) is 6.59. The van der Waals surface area contributed by atoms with Crippen LogP contribution in [0.1, 0.15) is 56.6 Å². The maximum absolute atomic E-state index is 11.3. The van der Waals surface area contributed by atoms with Crippen LogP contribution in [0.15, 0.2) is 48.5 Å². The molecule has 0 aliphatic carbocycles. The van der Waals surface area contributed by atoms with Gasteiger partial charge < -0.3 is 9.47 Å². The molecule has 0 N–H and O–H groups in total. The molecule has 0 aromatic heterocycles. The largest absolute Gasteiger partial charge is 0.497 e. The molecule has 0 amide bonds. The Balaban J connectivity index is 1.55. The van der Waals surface area contributed by atoms with Crippen LogP contribution in [0.3, 0.4) is 0 Å². The minimum Gasteiger partial charge on any atom is -0.497 e. The van der Waals surface area contributed by atoms with E-state index < -0.39 is 0 Å². The van der Waals surface area contributed by atoms with Gasteiger partial charge >= 0.3 is 5.97 Å². The number of unbranched alkanes of at least 4 members (excludes halogenated alkanes) is 4. The van der Waals surface area contributed by atoms with Crippen molar-refractivity contribution in [3.05, 3.63) is 59.7 Å². The fourth-order valence-corrected chi connectivity index (χ4v) is 2.91. The number of carbonyl (C=O) groups is 1. The lowest BCUT2D eigenvalue weighted by molar-refractivity contribution is -0.134. The first-order valence-corrected chi connectivity index (χ1v) is 9.64. The molecule has 0 atom stereocenters. The van der Waals surface area contributed by atoms with E-state index in [1.54, 1.807) is 14.0 Å². The number of hydrogen-bond donors (Lipinski definition) is 0. The third kappa shape index (κ3) is 7.30. The maximum atomic E-state index is 11.3. The van der Waals surface area contributed by atoms with Crippen LogP contribution in [-0.2, 0) is 17.6 Å². The van der Waals surface area contributed by atoms with Crippen molar-refractivity contribution in [3.63, 3.8) is 0 Å². The highest BCUT2D eigenvalue weighted by Crippen LogP contribution is 2.17. The van der Waals surface area contributed by atoms with Gasteiger partial charge in [-0.2, -0.15) is 0 Å². The molecule has 3 nitrogen and oxygen atoms in total. The second kappa shape index (κ2) is 11.3. The second-order valence-electron chi connectivity index (χ2n) is 6.59. The van der Waals surface area contributed by atoms with Crippen molar-refractivity contribution in [2.75, 3.05) is 7.11 Å². The molecule has 0 heterocycles. The van der Waals surface area contributed by atoms with Crippen molar-refractivity contribution in [3.8, 4) is 11.5 Å². The minimum atomic E-state index is -0.188. The zero-order valence-corrected chi connectivity index (χ0v) is 16.0. The first-order valence-electron chi connectivity index (χ1n) is 9.64. The van der Waals surface area contributed by atoms with Gasteiger partial charge in [0.25, 0.3) is 0 Å². The summed E-state index contributed by atoms with van der Waals surface area (Å²) in [5.74, 6) is 1.37. The van der Waals surface area contributed by atoms with E-state index in [9.17, 15) is 4.79 Å². The van der Waals surface area contributed by atoms with Crippen LogP contribution in [0.25, 0.3) is 0 Å². The zero-order chi connectivity index (χ0) is 18.6. The molecule has 0 aliphatic heterocycles. The fraction of sp³-hybridized carbons (Fsp3) is 0.435. The first kappa shape index (κ1) is 20.0. The normalized spacial score (nSPS) is 10.5. The van der Waals surface area contributed by atoms with Gasteiger partial charge in [-0.05, 0) is 61.1 Å². The zero-order valence-electron chi connectivity index (χ0n) is 16.0. The van der Waals surface area contributed by atoms with Gasteiger partial charge in [0.2, 0.25) is 0 Å². The molecule has 3 heteroatoms. The van der Waals surface area contributed by atoms with Crippen molar-refractivity contribution >= 4 is 5.97 Å². The van der Waals surface area contributed by atoms with Gasteiger partial charge in [-0.15, -0.1) is 0 Å². The van der Waals surface area contributed by atoms with Crippen LogP contribution in [-0.4, -0.2) is 13.1 Å². The van der Waals surface area contributed by atoms with Crippen molar-refractivity contribution in [2.24, 2.45) is 0 Å². The fourth-order valence-electron chi connectivity index (χ4n) is 2.91. The van der Waals surface area contributed by atoms with Crippen molar-refractivity contribution in [1.82, 2.24) is 0 Å². The van der Waals surface area contributed by atoms with E-state index in [1.807, 2.05) is 24.3 Å². The highest BCUT2D eigenvalue weighted by atomic mass is 16.5. The average Bonchev–Trinajstić information content (AvgIpc) is 2.68. The van der Waals surface area contributed by atoms with Crippen molar-refractivity contribution < 1.29 is 14.3 Å². The molecule has 140 valence electrons. The van der Waals surface area contributed by atoms with E-state index in [2.05, 4.69) is 24.3 Å². The molecule has 26 heavy (non-hydrogen) atoms. The van der Waals surface area contributed by atoms with Crippen LogP contribution in [0.4, 0.5) is 0 Å². The third-order valence-corrected chi connectivity index (χ3v) is 4.53. The Labute approximate surface area is 157 Å². The summed E-state index contributed by atoms with van der Waals surface area (Å²) in [6.07, 6.45) is 8.89. The molecule has 0 fully saturated rings. The number of rotatable bonds is 11. The summed E-state index contributed by atoms with van der Waals surface area (Å²) in [5.41, 5.74) is 2.69. The summed E-state index contributed by atoms with van der Waals surface area (Å²) in [6.45, 7) is 1.80. The van der Waals surface area contributed by atoms with Crippen LogP contribution in [0.5, 0.6) is 11.5 Å². The molecule has 0 bridgehead atoms. The molecule has 2 aromatic rings. The van der Waals surface area contributed by atoms with Crippen LogP contribution < -0.4 is 9.47 Å². The predicted octanol–water partition coefficient (Wildman–Crippen LogP) is 5.75. The number of esters is 1. The number of hydrogen-bond acceptors (Lipinski definition) is 3. The molecule has 0 radical (unpaired) electrons. The molecular formula is C23H30O3. The summed E-state index contributed by atoms with van der Waals surface area (Å²) in [7, 11) is 1.70. The van der Waals surface area contributed by atoms with Gasteiger partial charge in [-0.3, -0.25) is 4.79 Å². The van der Waals surface area contributed by atoms with Crippen molar-refractivity contribution in [1.29, 1.82) is 0 Å². The molecule has 2 aromatic carbocycles. The van der Waals surface area contributed by atoms with E-state index >= 15 is 0 Å². The Kier molecular flexibility index (Phi) is 8.74. The van der Waals surface area contributed by atoms with Gasteiger partial charge in [0.05, 0.1) is 7.11 Å². The summed E-state index contributed by atoms with van der Waals surface area (Å²) >= 11 is 0. The van der Waals surface area contributed by atoms with E-state index in [0.717, 1.165) is 18.6 Å². The summed E-state index contributed by atoms with van der Waals surface area (Å²) in [5, 5.41) is 0. The predicted molar refractivity (Wildman–Crippen MR) is 106 cm³/mol. The van der Waals surface area contributed by atoms with E-state index in [-0.39, 0.29) is 5.97 Å². The first-order chi connectivity index (χ1) is 12.7. The average molecular weight is 354 g/mol. The van der Waals surface area contributed by atoms with Crippen molar-refractivity contribution in [2.45, 2.75) is 58.3 Å². The highest BCUT2D eigenvalue weighted by molar-refractivity contribution is 5.71. The van der Waals surface area contributed by atoms with Gasteiger partial charge in [0.15, 0.2) is 0 Å². The SMILES string of the molecule is CCC(=O)Oc1ccc(CCCCCCCc2ccc(OC)cc2)cc1. The number of aryl methyl sites for hydroxylation is 2. The number of methoxy groups -OCH3 is 1. The Hall–Kier alpha value is -2.29. The smallest absolute Gasteiger partial charge is 0.310 e. The number of benzene rings is 2. The molecule has 0 spiro atoms. The van der Waals surface area contributed by atoms with E-state index in [1.165, 1.54) is 43.2 Å².